The van der Waals surface area contributed by atoms with Crippen LogP contribution in [0.2, 0.25) is 0 Å². The Balaban J connectivity index is 0.922. The van der Waals surface area contributed by atoms with Crippen molar-refractivity contribution < 1.29 is 14.3 Å². The second-order valence-corrected chi connectivity index (χ2v) is 12.8. The number of nitrogens with zero attached hydrogens (tertiary/aromatic N) is 4. The molecule has 0 saturated carbocycles. The molecule has 3 fully saturated rings. The number of aromatic nitrogens is 1. The van der Waals surface area contributed by atoms with E-state index in [4.69, 9.17) is 9.72 Å². The Labute approximate surface area is 259 Å². The van der Waals surface area contributed by atoms with Gasteiger partial charge in [0.05, 0.1) is 12.2 Å². The first-order valence-corrected chi connectivity index (χ1v) is 16.0. The summed E-state index contributed by atoms with van der Waals surface area (Å²) in [5.41, 5.74) is 5.70. The first kappa shape index (κ1) is 28.6. The van der Waals surface area contributed by atoms with Crippen LogP contribution in [-0.2, 0) is 13.0 Å². The number of rotatable bonds is 7. The van der Waals surface area contributed by atoms with Gasteiger partial charge in [-0.2, -0.15) is 0 Å². The highest BCUT2D eigenvalue weighted by Gasteiger charge is 2.42. The first-order chi connectivity index (χ1) is 21.4. The molecule has 4 aliphatic heterocycles. The lowest BCUT2D eigenvalue weighted by Gasteiger charge is -2.40. The van der Waals surface area contributed by atoms with Gasteiger partial charge >= 0.3 is 0 Å². The predicted octanol–water partition coefficient (Wildman–Crippen LogP) is 3.94. The largest absolute Gasteiger partial charge is 0.493 e. The molecule has 230 valence electrons. The summed E-state index contributed by atoms with van der Waals surface area (Å²) in [4.78, 5) is 38.0. The summed E-state index contributed by atoms with van der Waals surface area (Å²) in [6.07, 6.45) is 6.54. The number of carbonyl (C=O) groups is 2. The molecule has 5 heterocycles. The second-order valence-electron chi connectivity index (χ2n) is 12.8. The number of pyridine rings is 1. The Morgan fingerprint density at radius 3 is 2.39 bits per heavy atom. The van der Waals surface area contributed by atoms with Crippen molar-refractivity contribution in [2.24, 2.45) is 0 Å². The van der Waals surface area contributed by atoms with Crippen LogP contribution < -0.4 is 25.2 Å². The number of carbonyl (C=O) groups excluding carboxylic acids is 2. The number of ether oxygens (including phenoxy) is 1. The maximum atomic E-state index is 13.2. The normalized spacial score (nSPS) is 22.8. The van der Waals surface area contributed by atoms with Crippen LogP contribution >= 0.6 is 0 Å². The zero-order chi connectivity index (χ0) is 30.2. The summed E-state index contributed by atoms with van der Waals surface area (Å²) in [7, 11) is 2.16. The molecule has 9 nitrogen and oxygen atoms in total. The van der Waals surface area contributed by atoms with Crippen molar-refractivity contribution in [3.8, 4) is 5.75 Å². The zero-order valence-electron chi connectivity index (χ0n) is 25.7. The number of fused-ring (bicyclic) bond motifs is 3. The average Bonchev–Trinajstić information content (AvgIpc) is 3.63. The number of hydrogen-bond acceptors (Lipinski definition) is 7. The third-order valence-corrected chi connectivity index (χ3v) is 9.95. The number of benzene rings is 2. The highest BCUT2D eigenvalue weighted by molar-refractivity contribution is 5.97. The van der Waals surface area contributed by atoms with Crippen molar-refractivity contribution in [1.29, 1.82) is 0 Å². The number of piperazine rings is 1. The van der Waals surface area contributed by atoms with Gasteiger partial charge in [0.15, 0.2) is 0 Å². The molecule has 2 bridgehead atoms. The smallest absolute Gasteiger partial charge is 0.253 e. The SMILES string of the molecule is Cc1c(C(=O)NC2CC3CCC(C2)N3c2ccc(C(=O)NCc3ccc(N4CCN(C)CC4)cc3)cn2)ccc2c1OCC2. The van der Waals surface area contributed by atoms with E-state index in [1.165, 1.54) is 11.3 Å². The molecule has 3 saturated heterocycles. The highest BCUT2D eigenvalue weighted by Crippen LogP contribution is 2.39. The van der Waals surface area contributed by atoms with Gasteiger partial charge in [-0.05, 0) is 81.1 Å². The molecular weight excluding hydrogens is 552 g/mol. The molecule has 2 atom stereocenters. The van der Waals surface area contributed by atoms with Crippen molar-refractivity contribution in [3.05, 3.63) is 82.5 Å². The van der Waals surface area contributed by atoms with Crippen LogP contribution in [0.5, 0.6) is 5.75 Å². The maximum Gasteiger partial charge on any atom is 0.253 e. The van der Waals surface area contributed by atoms with Crippen LogP contribution in [0.1, 0.15) is 63.1 Å². The molecule has 44 heavy (non-hydrogen) atoms. The molecule has 3 aromatic rings. The lowest BCUT2D eigenvalue weighted by molar-refractivity contribution is 0.0923. The van der Waals surface area contributed by atoms with Crippen molar-refractivity contribution in [1.82, 2.24) is 20.5 Å². The van der Waals surface area contributed by atoms with Gasteiger partial charge in [0.1, 0.15) is 11.6 Å². The van der Waals surface area contributed by atoms with Gasteiger partial charge in [0.2, 0.25) is 0 Å². The molecule has 9 heteroatoms. The van der Waals surface area contributed by atoms with E-state index in [2.05, 4.69) is 56.6 Å². The van der Waals surface area contributed by atoms with Gasteiger partial charge in [-0.25, -0.2) is 4.98 Å². The summed E-state index contributed by atoms with van der Waals surface area (Å²) >= 11 is 0. The predicted molar refractivity (Wildman–Crippen MR) is 172 cm³/mol. The number of anilines is 2. The topological polar surface area (TPSA) is 90.0 Å². The van der Waals surface area contributed by atoms with Crippen molar-refractivity contribution >= 4 is 23.3 Å². The summed E-state index contributed by atoms with van der Waals surface area (Å²) in [6.45, 7) is 7.38. The second kappa shape index (κ2) is 12.1. The Morgan fingerprint density at radius 1 is 0.932 bits per heavy atom. The summed E-state index contributed by atoms with van der Waals surface area (Å²) < 4.78 is 5.78. The summed E-state index contributed by atoms with van der Waals surface area (Å²) in [5, 5.41) is 6.36. The van der Waals surface area contributed by atoms with Crippen LogP contribution in [-0.4, -0.2) is 79.7 Å². The standard InChI is InChI=1S/C35H42N6O3/c1-23-31(11-5-25-13-18-44-33(23)25)35(43)38-27-19-29-9-10-30(20-27)41(29)32-12-6-26(22-36-32)34(42)37-21-24-3-7-28(8-4-24)40-16-14-39(2)15-17-40/h3-8,11-12,22,27,29-30H,9-10,13-21H2,1-2H3,(H,37,42)(H,38,43). The van der Waals surface area contributed by atoms with Gasteiger partial charge in [0.25, 0.3) is 11.8 Å². The van der Waals surface area contributed by atoms with Crippen LogP contribution in [0.25, 0.3) is 0 Å². The van der Waals surface area contributed by atoms with Crippen LogP contribution in [0, 0.1) is 6.92 Å². The van der Waals surface area contributed by atoms with E-state index in [9.17, 15) is 9.59 Å². The van der Waals surface area contributed by atoms with E-state index in [0.717, 1.165) is 81.0 Å². The van der Waals surface area contributed by atoms with Crippen molar-refractivity contribution in [2.75, 3.05) is 49.6 Å². The average molecular weight is 595 g/mol. The molecular formula is C35H42N6O3. The Bertz CT molecular complexity index is 1500. The minimum atomic E-state index is -0.121. The van der Waals surface area contributed by atoms with E-state index in [1.54, 1.807) is 6.20 Å². The molecule has 0 radical (unpaired) electrons. The van der Waals surface area contributed by atoms with Crippen LogP contribution in [0.15, 0.2) is 54.7 Å². The lowest BCUT2D eigenvalue weighted by atomic mass is 9.96. The van der Waals surface area contributed by atoms with Crippen LogP contribution in [0.3, 0.4) is 0 Å². The minimum absolute atomic E-state index is 0.0156. The number of hydrogen-bond donors (Lipinski definition) is 2. The monoisotopic (exact) mass is 594 g/mol. The van der Waals surface area contributed by atoms with E-state index in [-0.39, 0.29) is 17.9 Å². The molecule has 2 aromatic carbocycles. The molecule has 2 N–H and O–H groups in total. The van der Waals surface area contributed by atoms with Crippen LogP contribution in [0.4, 0.5) is 11.5 Å². The quantitative estimate of drug-likeness (QED) is 0.429. The number of piperidine rings is 1. The first-order valence-electron chi connectivity index (χ1n) is 16.0. The van der Waals surface area contributed by atoms with Gasteiger partial charge in [-0.3, -0.25) is 9.59 Å². The fourth-order valence-electron chi connectivity index (χ4n) is 7.43. The van der Waals surface area contributed by atoms with E-state index >= 15 is 0 Å². The molecule has 2 amide bonds. The van der Waals surface area contributed by atoms with Gasteiger partial charge < -0.3 is 30.1 Å². The fourth-order valence-corrected chi connectivity index (χ4v) is 7.43. The van der Waals surface area contributed by atoms with Gasteiger partial charge in [0, 0.05) is 80.3 Å². The molecule has 1 aromatic heterocycles. The third-order valence-electron chi connectivity index (χ3n) is 9.95. The number of likely N-dealkylation sites (N-methyl/N-ethyl adjacent to an activating group) is 1. The molecule has 7 rings (SSSR count). The molecule has 0 spiro atoms. The Morgan fingerprint density at radius 2 is 1.68 bits per heavy atom. The van der Waals surface area contributed by atoms with E-state index in [1.807, 2.05) is 31.2 Å². The summed E-state index contributed by atoms with van der Waals surface area (Å²) in [5.74, 6) is 1.65. The number of nitrogens with one attached hydrogen (secondary N) is 2. The third kappa shape index (κ3) is 5.73. The molecule has 0 aliphatic carbocycles. The van der Waals surface area contributed by atoms with Gasteiger partial charge in [-0.1, -0.05) is 18.2 Å². The molecule has 2 unspecified atom stereocenters. The number of amides is 2. The fraction of sp³-hybridized carbons (Fsp3) is 0.457. The van der Waals surface area contributed by atoms with Crippen molar-refractivity contribution in [2.45, 2.75) is 63.7 Å². The zero-order valence-corrected chi connectivity index (χ0v) is 25.7. The lowest BCUT2D eigenvalue weighted by Crippen LogP contribution is -2.50. The Hall–Kier alpha value is -4.11. The highest BCUT2D eigenvalue weighted by atomic mass is 16.5. The van der Waals surface area contributed by atoms with Crippen molar-refractivity contribution in [3.63, 3.8) is 0 Å². The minimum Gasteiger partial charge on any atom is -0.493 e. The summed E-state index contributed by atoms with van der Waals surface area (Å²) in [6, 6.07) is 17.1. The van der Waals surface area contributed by atoms with E-state index in [0.29, 0.717) is 36.4 Å². The maximum absolute atomic E-state index is 13.2. The molecule has 4 aliphatic rings. The van der Waals surface area contributed by atoms with Gasteiger partial charge in [-0.15, -0.1) is 0 Å². The Kier molecular flexibility index (Phi) is 7.89. The van der Waals surface area contributed by atoms with E-state index < -0.39 is 0 Å².